The lowest BCUT2D eigenvalue weighted by atomic mass is 10.1. The van der Waals surface area contributed by atoms with Crippen molar-refractivity contribution < 1.29 is 23.8 Å². The van der Waals surface area contributed by atoms with Crippen LogP contribution in [0, 0.1) is 0 Å². The Morgan fingerprint density at radius 2 is 2.04 bits per heavy atom. The molecule has 1 N–H and O–H groups in total. The zero-order valence-corrected chi connectivity index (χ0v) is 15.7. The van der Waals surface area contributed by atoms with E-state index in [1.165, 1.54) is 7.11 Å². The number of esters is 1. The number of halogens is 1. The van der Waals surface area contributed by atoms with Crippen LogP contribution in [0.2, 0.25) is 5.02 Å². The maximum atomic E-state index is 11.9. The third-order valence-electron chi connectivity index (χ3n) is 2.97. The van der Waals surface area contributed by atoms with Crippen LogP contribution in [0.15, 0.2) is 30.9 Å². The smallest absolute Gasteiger partial charge is 0.408 e. The molecule has 0 aliphatic carbocycles. The summed E-state index contributed by atoms with van der Waals surface area (Å²) in [6.07, 6.45) is 1.12. The fourth-order valence-electron chi connectivity index (χ4n) is 1.96. The molecule has 1 amide bonds. The van der Waals surface area contributed by atoms with Gasteiger partial charge in [0.05, 0.1) is 12.1 Å². The van der Waals surface area contributed by atoms with E-state index in [4.69, 9.17) is 25.8 Å². The van der Waals surface area contributed by atoms with Gasteiger partial charge in [-0.05, 0) is 38.5 Å². The largest absolute Gasteiger partial charge is 0.488 e. The number of benzene rings is 1. The molecule has 1 aromatic carbocycles. The van der Waals surface area contributed by atoms with Crippen molar-refractivity contribution in [1.82, 2.24) is 5.32 Å². The molecule has 0 bridgehead atoms. The summed E-state index contributed by atoms with van der Waals surface area (Å²) < 4.78 is 15.3. The topological polar surface area (TPSA) is 73.9 Å². The van der Waals surface area contributed by atoms with Crippen LogP contribution in [-0.2, 0) is 20.7 Å². The molecule has 0 aliphatic heterocycles. The maximum absolute atomic E-state index is 11.9. The predicted molar refractivity (Wildman–Crippen MR) is 96.0 cm³/mol. The highest BCUT2D eigenvalue weighted by Crippen LogP contribution is 2.26. The molecule has 0 saturated heterocycles. The average Bonchev–Trinajstić information content (AvgIpc) is 2.51. The van der Waals surface area contributed by atoms with E-state index in [1.54, 1.807) is 45.0 Å². The second-order valence-electron chi connectivity index (χ2n) is 6.29. The molecule has 0 saturated carbocycles. The minimum absolute atomic E-state index is 0.202. The molecule has 0 radical (unpaired) electrons. The van der Waals surface area contributed by atoms with E-state index in [0.29, 0.717) is 17.4 Å². The van der Waals surface area contributed by atoms with Crippen molar-refractivity contribution >= 4 is 23.7 Å². The lowest BCUT2D eigenvalue weighted by Gasteiger charge is -2.22. The van der Waals surface area contributed by atoms with E-state index in [9.17, 15) is 9.59 Å². The Bertz CT molecular complexity index is 624. The van der Waals surface area contributed by atoms with Gasteiger partial charge in [0, 0.05) is 6.42 Å². The first kappa shape index (κ1) is 20.8. The molecule has 1 rings (SSSR count). The van der Waals surface area contributed by atoms with Gasteiger partial charge < -0.3 is 19.5 Å². The third-order valence-corrected chi connectivity index (χ3v) is 3.26. The number of rotatable bonds is 7. The summed E-state index contributed by atoms with van der Waals surface area (Å²) in [6.45, 7) is 9.12. The minimum atomic E-state index is -0.893. The van der Waals surface area contributed by atoms with Crippen LogP contribution in [0.25, 0.3) is 0 Å². The molecule has 0 spiro atoms. The van der Waals surface area contributed by atoms with Gasteiger partial charge in [0.2, 0.25) is 0 Å². The fraction of sp³-hybridized carbons (Fsp3) is 0.444. The predicted octanol–water partition coefficient (Wildman–Crippen LogP) is 3.51. The van der Waals surface area contributed by atoms with Crippen molar-refractivity contribution in [1.29, 1.82) is 0 Å². The Kier molecular flexibility index (Phi) is 7.77. The van der Waals surface area contributed by atoms with E-state index < -0.39 is 23.7 Å². The van der Waals surface area contributed by atoms with Crippen LogP contribution in [0.3, 0.4) is 0 Å². The number of amides is 1. The Morgan fingerprint density at radius 1 is 1.36 bits per heavy atom. The van der Waals surface area contributed by atoms with Crippen LogP contribution >= 0.6 is 11.6 Å². The number of ether oxygens (including phenoxy) is 3. The maximum Gasteiger partial charge on any atom is 0.408 e. The van der Waals surface area contributed by atoms with Crippen molar-refractivity contribution in [3.8, 4) is 5.75 Å². The van der Waals surface area contributed by atoms with Gasteiger partial charge in [0.25, 0.3) is 0 Å². The first-order valence-corrected chi connectivity index (χ1v) is 8.13. The molecule has 0 aliphatic rings. The summed E-state index contributed by atoms with van der Waals surface area (Å²) in [5.74, 6) is -0.0611. The Labute approximate surface area is 153 Å². The third kappa shape index (κ3) is 7.47. The standard InChI is InChI=1S/C18H24ClNO5/c1-6-9-24-15-8-7-12(10-13(15)19)11-14(16(21)23-5)20-17(22)25-18(2,3)4/h6-8,10,14H,1,9,11H2,2-5H3,(H,20,22)/t14-/m0/s1. The summed E-state index contributed by atoms with van der Waals surface area (Å²) in [7, 11) is 1.26. The molecule has 0 fully saturated rings. The lowest BCUT2D eigenvalue weighted by Crippen LogP contribution is -2.45. The van der Waals surface area contributed by atoms with Crippen molar-refractivity contribution in [2.75, 3.05) is 13.7 Å². The van der Waals surface area contributed by atoms with Gasteiger partial charge in [-0.15, -0.1) is 0 Å². The molecule has 0 aromatic heterocycles. The lowest BCUT2D eigenvalue weighted by molar-refractivity contribution is -0.143. The average molecular weight is 370 g/mol. The second kappa shape index (κ2) is 9.32. The molecular weight excluding hydrogens is 346 g/mol. The Hall–Kier alpha value is -2.21. The SMILES string of the molecule is C=CCOc1ccc(C[C@H](NC(=O)OC(C)(C)C)C(=O)OC)cc1Cl. The number of carbonyl (C=O) groups is 2. The number of nitrogens with one attached hydrogen (secondary N) is 1. The first-order chi connectivity index (χ1) is 11.7. The molecule has 0 heterocycles. The van der Waals surface area contributed by atoms with Crippen LogP contribution in [0.4, 0.5) is 4.79 Å². The van der Waals surface area contributed by atoms with Gasteiger partial charge in [-0.2, -0.15) is 0 Å². The highest BCUT2D eigenvalue weighted by molar-refractivity contribution is 6.32. The quantitative estimate of drug-likeness (QED) is 0.588. The Balaban J connectivity index is 2.84. The van der Waals surface area contributed by atoms with E-state index in [2.05, 4.69) is 11.9 Å². The van der Waals surface area contributed by atoms with Gasteiger partial charge in [-0.3, -0.25) is 0 Å². The van der Waals surface area contributed by atoms with Crippen molar-refractivity contribution in [2.24, 2.45) is 0 Å². The van der Waals surface area contributed by atoms with Crippen LogP contribution in [0.5, 0.6) is 5.75 Å². The number of alkyl carbamates (subject to hydrolysis) is 1. The van der Waals surface area contributed by atoms with Crippen molar-refractivity contribution in [3.05, 3.63) is 41.4 Å². The Morgan fingerprint density at radius 3 is 2.56 bits per heavy atom. The summed E-state index contributed by atoms with van der Waals surface area (Å²) in [5.41, 5.74) is 0.0699. The van der Waals surface area contributed by atoms with Crippen LogP contribution in [0.1, 0.15) is 26.3 Å². The summed E-state index contributed by atoms with van der Waals surface area (Å²) in [6, 6.07) is 4.24. The first-order valence-electron chi connectivity index (χ1n) is 7.75. The highest BCUT2D eigenvalue weighted by atomic mass is 35.5. The number of carbonyl (C=O) groups excluding carboxylic acids is 2. The fourth-order valence-corrected chi connectivity index (χ4v) is 2.22. The monoisotopic (exact) mass is 369 g/mol. The normalized spacial score (nSPS) is 12.0. The molecule has 0 unspecified atom stereocenters. The number of hydrogen-bond acceptors (Lipinski definition) is 5. The molecule has 1 atom stereocenters. The molecule has 6 nitrogen and oxygen atoms in total. The van der Waals surface area contributed by atoms with Gasteiger partial charge in [-0.25, -0.2) is 9.59 Å². The van der Waals surface area contributed by atoms with E-state index in [1.807, 2.05) is 0 Å². The molecule has 138 valence electrons. The molecule has 25 heavy (non-hydrogen) atoms. The van der Waals surface area contributed by atoms with Crippen molar-refractivity contribution in [3.63, 3.8) is 0 Å². The highest BCUT2D eigenvalue weighted by Gasteiger charge is 2.25. The zero-order chi connectivity index (χ0) is 19.0. The van der Waals surface area contributed by atoms with Crippen molar-refractivity contribution in [2.45, 2.75) is 38.8 Å². The minimum Gasteiger partial charge on any atom is -0.488 e. The van der Waals surface area contributed by atoms with Crippen LogP contribution in [-0.4, -0.2) is 37.4 Å². The summed E-state index contributed by atoms with van der Waals surface area (Å²) in [5, 5.41) is 2.92. The molecular formula is C18H24ClNO5. The number of methoxy groups -OCH3 is 1. The number of hydrogen-bond donors (Lipinski definition) is 1. The van der Waals surface area contributed by atoms with Gasteiger partial charge in [0.15, 0.2) is 0 Å². The van der Waals surface area contributed by atoms with Crippen LogP contribution < -0.4 is 10.1 Å². The van der Waals surface area contributed by atoms with Gasteiger partial charge in [-0.1, -0.05) is 30.3 Å². The van der Waals surface area contributed by atoms with Gasteiger partial charge >= 0.3 is 12.1 Å². The second-order valence-corrected chi connectivity index (χ2v) is 6.70. The van der Waals surface area contributed by atoms with E-state index in [0.717, 1.165) is 5.56 Å². The zero-order valence-electron chi connectivity index (χ0n) is 14.9. The molecule has 7 heteroatoms. The summed E-state index contributed by atoms with van der Waals surface area (Å²) >= 11 is 6.17. The summed E-state index contributed by atoms with van der Waals surface area (Å²) in [4.78, 5) is 23.9. The molecule has 1 aromatic rings. The van der Waals surface area contributed by atoms with Gasteiger partial charge in [0.1, 0.15) is 24.0 Å². The van der Waals surface area contributed by atoms with E-state index >= 15 is 0 Å². The van der Waals surface area contributed by atoms with E-state index in [-0.39, 0.29) is 6.42 Å².